The number of halogens is 2. The molecule has 1 aromatic carbocycles. The van der Waals surface area contributed by atoms with Crippen molar-refractivity contribution in [2.24, 2.45) is 0 Å². The molecule has 0 aliphatic carbocycles. The summed E-state index contributed by atoms with van der Waals surface area (Å²) < 4.78 is 18.3. The summed E-state index contributed by atoms with van der Waals surface area (Å²) in [5.41, 5.74) is 3.81. The van der Waals surface area contributed by atoms with Gasteiger partial charge in [0.1, 0.15) is 11.5 Å². The molecule has 0 atom stereocenters. The molecule has 0 unspecified atom stereocenters. The summed E-state index contributed by atoms with van der Waals surface area (Å²) in [6, 6.07) is 5.80. The molecule has 0 aliphatic heterocycles. The molecular formula is C12H11BrFN3O2. The largest absolute Gasteiger partial charge is 0.415 e. The zero-order valence-corrected chi connectivity index (χ0v) is 11.6. The van der Waals surface area contributed by atoms with Crippen LogP contribution < -0.4 is 5.48 Å². The van der Waals surface area contributed by atoms with Crippen molar-refractivity contribution in [3.05, 3.63) is 41.0 Å². The Labute approximate surface area is 117 Å². The van der Waals surface area contributed by atoms with Gasteiger partial charge in [-0.3, -0.25) is 10.3 Å². The Morgan fingerprint density at radius 2 is 2.16 bits per heavy atom. The first kappa shape index (κ1) is 13.7. The predicted molar refractivity (Wildman–Crippen MR) is 71.4 cm³/mol. The molecule has 2 aromatic rings. The van der Waals surface area contributed by atoms with Crippen molar-refractivity contribution >= 4 is 21.6 Å². The molecule has 0 saturated carbocycles. The second-order valence-electron chi connectivity index (χ2n) is 3.48. The number of hydrogen-bond donors (Lipinski definition) is 1. The van der Waals surface area contributed by atoms with Crippen LogP contribution in [0.4, 0.5) is 4.39 Å². The number of nitrogens with zero attached hydrogens (tertiary/aromatic N) is 2. The molecule has 0 radical (unpaired) electrons. The molecule has 0 fully saturated rings. The van der Waals surface area contributed by atoms with Gasteiger partial charge in [0.25, 0.3) is 5.89 Å². The van der Waals surface area contributed by atoms with Gasteiger partial charge in [-0.05, 0) is 31.2 Å². The lowest BCUT2D eigenvalue weighted by molar-refractivity contribution is 0.0886. The average Bonchev–Trinajstić information content (AvgIpc) is 2.90. The van der Waals surface area contributed by atoms with E-state index in [2.05, 4.69) is 31.6 Å². The third-order valence-electron chi connectivity index (χ3n) is 2.18. The second-order valence-corrected chi connectivity index (χ2v) is 3.93. The van der Waals surface area contributed by atoms with Crippen LogP contribution in [-0.4, -0.2) is 16.8 Å². The highest BCUT2D eigenvalue weighted by molar-refractivity contribution is 9.11. The Morgan fingerprint density at radius 1 is 1.42 bits per heavy atom. The lowest BCUT2D eigenvalue weighted by atomic mass is 10.2. The van der Waals surface area contributed by atoms with E-state index in [0.29, 0.717) is 23.8 Å². The van der Waals surface area contributed by atoms with Crippen molar-refractivity contribution in [2.45, 2.75) is 6.92 Å². The van der Waals surface area contributed by atoms with Crippen LogP contribution in [0, 0.1) is 5.82 Å². The van der Waals surface area contributed by atoms with E-state index < -0.39 is 0 Å². The Balaban J connectivity index is 2.20. The van der Waals surface area contributed by atoms with Crippen LogP contribution in [0.5, 0.6) is 0 Å². The molecule has 0 spiro atoms. The number of rotatable bonds is 5. The lowest BCUT2D eigenvalue weighted by Gasteiger charge is -2.03. The van der Waals surface area contributed by atoms with Gasteiger partial charge in [-0.15, -0.1) is 10.2 Å². The highest BCUT2D eigenvalue weighted by Crippen LogP contribution is 2.21. The fourth-order valence-electron chi connectivity index (χ4n) is 1.30. The number of hydroxylamine groups is 1. The van der Waals surface area contributed by atoms with E-state index in [9.17, 15) is 4.39 Å². The van der Waals surface area contributed by atoms with Crippen LogP contribution in [-0.2, 0) is 4.84 Å². The van der Waals surface area contributed by atoms with Crippen LogP contribution in [0.25, 0.3) is 17.2 Å². The molecule has 1 heterocycles. The van der Waals surface area contributed by atoms with Crippen molar-refractivity contribution in [3.8, 4) is 11.5 Å². The maximum absolute atomic E-state index is 12.8. The Morgan fingerprint density at radius 3 is 2.79 bits per heavy atom. The van der Waals surface area contributed by atoms with Crippen molar-refractivity contribution in [1.29, 1.82) is 0 Å². The quantitative estimate of drug-likeness (QED) is 0.855. The van der Waals surface area contributed by atoms with Crippen LogP contribution in [0.2, 0.25) is 0 Å². The molecule has 0 amide bonds. The standard InChI is InChI=1S/C12H11BrFN3O2/c1-2-18-17-10(7-13)12-16-15-11(19-12)8-3-5-9(14)6-4-8/h3-7,17H,2H2,1H3. The fraction of sp³-hybridized carbons (Fsp3) is 0.167. The minimum Gasteiger partial charge on any atom is -0.415 e. The fourth-order valence-corrected chi connectivity index (χ4v) is 1.59. The number of aromatic nitrogens is 2. The second kappa shape index (κ2) is 6.44. The summed E-state index contributed by atoms with van der Waals surface area (Å²) in [5.74, 6) is 0.257. The van der Waals surface area contributed by atoms with Crippen LogP contribution in [0.1, 0.15) is 12.8 Å². The third kappa shape index (κ3) is 3.39. The Bertz CT molecular complexity index is 569. The first-order valence-electron chi connectivity index (χ1n) is 5.52. The number of nitrogens with one attached hydrogen (secondary N) is 1. The first-order chi connectivity index (χ1) is 9.24. The summed E-state index contributed by atoms with van der Waals surface area (Å²) in [4.78, 5) is 6.62. The first-order valence-corrected chi connectivity index (χ1v) is 6.44. The SMILES string of the molecule is CCONC(=CBr)c1nnc(-c2ccc(F)cc2)o1. The van der Waals surface area contributed by atoms with E-state index in [-0.39, 0.29) is 11.7 Å². The molecule has 0 saturated heterocycles. The minimum absolute atomic E-state index is 0.268. The summed E-state index contributed by atoms with van der Waals surface area (Å²) in [6.07, 6.45) is 0. The zero-order chi connectivity index (χ0) is 13.7. The maximum Gasteiger partial charge on any atom is 0.266 e. The molecule has 1 N–H and O–H groups in total. The lowest BCUT2D eigenvalue weighted by Crippen LogP contribution is -2.12. The smallest absolute Gasteiger partial charge is 0.266 e. The van der Waals surface area contributed by atoms with Gasteiger partial charge in [0.2, 0.25) is 5.89 Å². The van der Waals surface area contributed by atoms with E-state index in [1.54, 1.807) is 17.1 Å². The molecule has 19 heavy (non-hydrogen) atoms. The topological polar surface area (TPSA) is 60.2 Å². The van der Waals surface area contributed by atoms with Crippen molar-refractivity contribution in [2.75, 3.05) is 6.61 Å². The molecule has 5 nitrogen and oxygen atoms in total. The number of hydrogen-bond acceptors (Lipinski definition) is 5. The summed E-state index contributed by atoms with van der Waals surface area (Å²) in [7, 11) is 0. The van der Waals surface area contributed by atoms with Gasteiger partial charge in [-0.25, -0.2) is 4.39 Å². The highest BCUT2D eigenvalue weighted by Gasteiger charge is 2.12. The Hall–Kier alpha value is -1.73. The molecule has 0 aliphatic rings. The van der Waals surface area contributed by atoms with E-state index in [1.165, 1.54) is 12.1 Å². The van der Waals surface area contributed by atoms with Crippen LogP contribution in [0.15, 0.2) is 33.7 Å². The molecule has 1 aromatic heterocycles. The Kier molecular flexibility index (Phi) is 4.64. The summed E-state index contributed by atoms with van der Waals surface area (Å²) >= 11 is 3.18. The highest BCUT2D eigenvalue weighted by atomic mass is 79.9. The summed E-state index contributed by atoms with van der Waals surface area (Å²) in [5, 5.41) is 7.78. The van der Waals surface area contributed by atoms with Gasteiger partial charge in [-0.1, -0.05) is 15.9 Å². The van der Waals surface area contributed by atoms with E-state index in [0.717, 1.165) is 0 Å². The van der Waals surface area contributed by atoms with Crippen LogP contribution in [0.3, 0.4) is 0 Å². The number of benzene rings is 1. The normalized spacial score (nSPS) is 11.6. The molecule has 100 valence electrons. The van der Waals surface area contributed by atoms with E-state index in [1.807, 2.05) is 6.92 Å². The molecule has 7 heteroatoms. The van der Waals surface area contributed by atoms with Gasteiger partial charge in [0.15, 0.2) is 0 Å². The van der Waals surface area contributed by atoms with E-state index in [4.69, 9.17) is 9.25 Å². The van der Waals surface area contributed by atoms with E-state index >= 15 is 0 Å². The average molecular weight is 328 g/mol. The molecule has 2 rings (SSSR count). The third-order valence-corrected chi connectivity index (χ3v) is 2.64. The van der Waals surface area contributed by atoms with Gasteiger partial charge >= 0.3 is 0 Å². The van der Waals surface area contributed by atoms with Gasteiger partial charge in [-0.2, -0.15) is 0 Å². The molecule has 0 bridgehead atoms. The van der Waals surface area contributed by atoms with Crippen molar-refractivity contribution in [3.63, 3.8) is 0 Å². The van der Waals surface area contributed by atoms with Crippen molar-refractivity contribution in [1.82, 2.24) is 15.7 Å². The zero-order valence-electron chi connectivity index (χ0n) is 10.1. The van der Waals surface area contributed by atoms with Gasteiger partial charge in [0, 0.05) is 10.5 Å². The van der Waals surface area contributed by atoms with Crippen molar-refractivity contribution < 1.29 is 13.6 Å². The minimum atomic E-state index is -0.317. The van der Waals surface area contributed by atoms with Gasteiger partial charge < -0.3 is 4.42 Å². The summed E-state index contributed by atoms with van der Waals surface area (Å²) in [6.45, 7) is 2.33. The predicted octanol–water partition coefficient (Wildman–Crippen LogP) is 3.11. The maximum atomic E-state index is 12.8. The molecular weight excluding hydrogens is 317 g/mol. The van der Waals surface area contributed by atoms with Gasteiger partial charge in [0.05, 0.1) is 6.61 Å². The van der Waals surface area contributed by atoms with Crippen LogP contribution >= 0.6 is 15.9 Å². The monoisotopic (exact) mass is 327 g/mol.